The summed E-state index contributed by atoms with van der Waals surface area (Å²) in [7, 11) is 0. The molecule has 0 bridgehead atoms. The van der Waals surface area contributed by atoms with Crippen molar-refractivity contribution in [1.29, 1.82) is 0 Å². The molecule has 0 fully saturated rings. The Morgan fingerprint density at radius 2 is 2.14 bits per heavy atom. The second-order valence-corrected chi connectivity index (χ2v) is 4.00. The van der Waals surface area contributed by atoms with E-state index >= 15 is 0 Å². The molecule has 1 N–H and O–H groups in total. The summed E-state index contributed by atoms with van der Waals surface area (Å²) < 4.78 is 42.3. The number of aromatic nitrogens is 2. The third kappa shape index (κ3) is 3.68. The minimum absolute atomic E-state index is 0.00693. The van der Waals surface area contributed by atoms with Crippen LogP contribution < -0.4 is 5.32 Å². The fourth-order valence-corrected chi connectivity index (χ4v) is 1.62. The molecule has 0 aliphatic rings. The third-order valence-electron chi connectivity index (χ3n) is 2.58. The van der Waals surface area contributed by atoms with Gasteiger partial charge < -0.3 is 9.84 Å². The van der Waals surface area contributed by atoms with Crippen LogP contribution in [0.4, 0.5) is 24.5 Å². The van der Waals surface area contributed by atoms with Gasteiger partial charge in [0.15, 0.2) is 6.33 Å². The molecule has 21 heavy (non-hydrogen) atoms. The van der Waals surface area contributed by atoms with Crippen LogP contribution in [0.3, 0.4) is 0 Å². The highest BCUT2D eigenvalue weighted by Crippen LogP contribution is 2.34. The van der Waals surface area contributed by atoms with E-state index in [2.05, 4.69) is 15.5 Å². The summed E-state index contributed by atoms with van der Waals surface area (Å²) in [5.41, 5.74) is -1.72. The minimum atomic E-state index is -4.63. The summed E-state index contributed by atoms with van der Waals surface area (Å²) in [5, 5.41) is 16.9. The molecule has 0 atom stereocenters. The average Bonchev–Trinajstić information content (AvgIpc) is 2.90. The van der Waals surface area contributed by atoms with Gasteiger partial charge in [0.25, 0.3) is 5.69 Å². The predicted octanol–water partition coefficient (Wildman–Crippen LogP) is 2.65. The molecule has 0 aliphatic carbocycles. The molecule has 0 saturated heterocycles. The van der Waals surface area contributed by atoms with Gasteiger partial charge in [0.1, 0.15) is 5.69 Å². The first-order valence-corrected chi connectivity index (χ1v) is 5.73. The zero-order chi connectivity index (χ0) is 15.5. The number of hydrogen-bond acceptors (Lipinski definition) is 6. The van der Waals surface area contributed by atoms with Crippen molar-refractivity contribution in [3.8, 4) is 0 Å². The first-order valence-electron chi connectivity index (χ1n) is 5.73. The largest absolute Gasteiger partial charge is 0.416 e. The number of nitrogens with zero attached hydrogens (tertiary/aromatic N) is 3. The quantitative estimate of drug-likeness (QED) is 0.674. The van der Waals surface area contributed by atoms with Crippen LogP contribution in [0.25, 0.3) is 0 Å². The summed E-state index contributed by atoms with van der Waals surface area (Å²) in [4.78, 5) is 13.7. The monoisotopic (exact) mass is 302 g/mol. The number of hydrogen-bond donors (Lipinski definition) is 1. The zero-order valence-corrected chi connectivity index (χ0v) is 10.4. The van der Waals surface area contributed by atoms with Crippen LogP contribution in [0.5, 0.6) is 0 Å². The van der Waals surface area contributed by atoms with Crippen LogP contribution in [0, 0.1) is 10.1 Å². The highest BCUT2D eigenvalue weighted by molar-refractivity contribution is 5.62. The van der Waals surface area contributed by atoms with Crippen molar-refractivity contribution in [2.45, 2.75) is 12.6 Å². The van der Waals surface area contributed by atoms with Gasteiger partial charge in [-0.05, 0) is 12.1 Å². The first kappa shape index (κ1) is 14.8. The molecular weight excluding hydrogens is 293 g/mol. The summed E-state index contributed by atoms with van der Waals surface area (Å²) in [5.74, 6) is 0.317. The van der Waals surface area contributed by atoms with Gasteiger partial charge in [-0.2, -0.15) is 18.2 Å². The highest BCUT2D eigenvalue weighted by Gasteiger charge is 2.32. The number of nitro benzene ring substituents is 1. The number of nitro groups is 1. The van der Waals surface area contributed by atoms with Crippen LogP contribution in [-0.4, -0.2) is 21.6 Å². The van der Waals surface area contributed by atoms with E-state index in [1.807, 2.05) is 0 Å². The number of rotatable bonds is 5. The normalized spacial score (nSPS) is 11.4. The molecule has 0 amide bonds. The summed E-state index contributed by atoms with van der Waals surface area (Å²) in [6.07, 6.45) is -3.14. The van der Waals surface area contributed by atoms with E-state index in [0.717, 1.165) is 12.1 Å². The topological polar surface area (TPSA) is 94.1 Å². The van der Waals surface area contributed by atoms with Gasteiger partial charge in [0.05, 0.1) is 10.5 Å². The lowest BCUT2D eigenvalue weighted by Crippen LogP contribution is -2.10. The smallest absolute Gasteiger partial charge is 0.379 e. The molecule has 10 heteroatoms. The van der Waals surface area contributed by atoms with Crippen molar-refractivity contribution < 1.29 is 22.6 Å². The molecule has 0 unspecified atom stereocenters. The van der Waals surface area contributed by atoms with E-state index in [9.17, 15) is 23.3 Å². The van der Waals surface area contributed by atoms with Crippen LogP contribution in [0.1, 0.15) is 11.5 Å². The van der Waals surface area contributed by atoms with Crippen molar-refractivity contribution in [3.05, 3.63) is 46.1 Å². The van der Waals surface area contributed by atoms with Crippen molar-refractivity contribution in [1.82, 2.24) is 10.1 Å². The van der Waals surface area contributed by atoms with E-state index in [-0.39, 0.29) is 18.7 Å². The Kier molecular flexibility index (Phi) is 4.05. The van der Waals surface area contributed by atoms with Crippen LogP contribution in [-0.2, 0) is 12.6 Å². The standard InChI is InChI=1S/C11H9F3N4O3/c12-11(13,14)7-1-2-8(9(5-7)18(19)20)15-4-3-10-16-6-17-21-10/h1-2,5-6,15H,3-4H2. The molecule has 112 valence electrons. The Bertz CT molecular complexity index is 628. The molecule has 7 nitrogen and oxygen atoms in total. The Morgan fingerprint density at radius 1 is 1.38 bits per heavy atom. The lowest BCUT2D eigenvalue weighted by atomic mass is 10.1. The number of anilines is 1. The van der Waals surface area contributed by atoms with Crippen molar-refractivity contribution in [3.63, 3.8) is 0 Å². The lowest BCUT2D eigenvalue weighted by molar-refractivity contribution is -0.384. The van der Waals surface area contributed by atoms with Gasteiger partial charge in [0.2, 0.25) is 5.89 Å². The fraction of sp³-hybridized carbons (Fsp3) is 0.273. The molecule has 1 aromatic carbocycles. The average molecular weight is 302 g/mol. The van der Waals surface area contributed by atoms with Gasteiger partial charge in [-0.3, -0.25) is 10.1 Å². The summed E-state index contributed by atoms with van der Waals surface area (Å²) in [6, 6.07) is 2.30. The molecule has 2 rings (SSSR count). The second-order valence-electron chi connectivity index (χ2n) is 4.00. The summed E-state index contributed by atoms with van der Waals surface area (Å²) >= 11 is 0. The number of benzene rings is 1. The predicted molar refractivity (Wildman–Crippen MR) is 64.6 cm³/mol. The lowest BCUT2D eigenvalue weighted by Gasteiger charge is -2.09. The SMILES string of the molecule is O=[N+]([O-])c1cc(C(F)(F)F)ccc1NCCc1ncno1. The van der Waals surface area contributed by atoms with Gasteiger partial charge in [0, 0.05) is 19.0 Å². The molecule has 0 spiro atoms. The Morgan fingerprint density at radius 3 is 2.71 bits per heavy atom. The van der Waals surface area contributed by atoms with Crippen LogP contribution in [0.15, 0.2) is 29.0 Å². The zero-order valence-electron chi connectivity index (χ0n) is 10.4. The number of halogens is 3. The minimum Gasteiger partial charge on any atom is -0.379 e. The van der Waals surface area contributed by atoms with Crippen molar-refractivity contribution in [2.75, 3.05) is 11.9 Å². The Balaban J connectivity index is 2.13. The first-order chi connectivity index (χ1) is 9.88. The Hall–Kier alpha value is -2.65. The molecule has 2 aromatic rings. The van der Waals surface area contributed by atoms with E-state index in [1.165, 1.54) is 6.33 Å². The summed E-state index contributed by atoms with van der Waals surface area (Å²) in [6.45, 7) is 0.203. The molecule has 0 saturated carbocycles. The maximum atomic E-state index is 12.5. The van der Waals surface area contributed by atoms with Gasteiger partial charge in [-0.1, -0.05) is 5.16 Å². The molecule has 1 aromatic heterocycles. The third-order valence-corrected chi connectivity index (χ3v) is 2.58. The van der Waals surface area contributed by atoms with E-state index in [1.54, 1.807) is 0 Å². The molecule has 1 heterocycles. The maximum absolute atomic E-state index is 12.5. The molecular formula is C11H9F3N4O3. The highest BCUT2D eigenvalue weighted by atomic mass is 19.4. The van der Waals surface area contributed by atoms with Gasteiger partial charge in [-0.15, -0.1) is 0 Å². The second kappa shape index (κ2) is 5.77. The molecule has 0 aliphatic heterocycles. The number of nitrogens with one attached hydrogen (secondary N) is 1. The van der Waals surface area contributed by atoms with E-state index in [4.69, 9.17) is 4.52 Å². The van der Waals surface area contributed by atoms with Crippen molar-refractivity contribution in [2.24, 2.45) is 0 Å². The van der Waals surface area contributed by atoms with Crippen LogP contribution >= 0.6 is 0 Å². The Labute approximate surface area is 115 Å². The van der Waals surface area contributed by atoms with Gasteiger partial charge in [-0.25, -0.2) is 0 Å². The molecule has 0 radical (unpaired) electrons. The maximum Gasteiger partial charge on any atom is 0.416 e. The fourth-order valence-electron chi connectivity index (χ4n) is 1.62. The van der Waals surface area contributed by atoms with Gasteiger partial charge >= 0.3 is 6.18 Å². The van der Waals surface area contributed by atoms with Crippen LogP contribution in [0.2, 0.25) is 0 Å². The van der Waals surface area contributed by atoms with Crippen molar-refractivity contribution >= 4 is 11.4 Å². The number of alkyl halides is 3. The van der Waals surface area contributed by atoms with E-state index < -0.39 is 22.4 Å². The van der Waals surface area contributed by atoms with E-state index in [0.29, 0.717) is 12.0 Å².